The van der Waals surface area contributed by atoms with Crippen LogP contribution in [0.4, 0.5) is 0 Å². The van der Waals surface area contributed by atoms with Crippen molar-refractivity contribution in [2.45, 2.75) is 97.1 Å². The zero-order valence-corrected chi connectivity index (χ0v) is 20.0. The molecule has 1 aromatic heterocycles. The quantitative estimate of drug-likeness (QED) is 0.485. The van der Waals surface area contributed by atoms with Gasteiger partial charge < -0.3 is 14.8 Å². The molecule has 0 aliphatic heterocycles. The van der Waals surface area contributed by atoms with Crippen molar-refractivity contribution in [3.05, 3.63) is 46.5 Å². The van der Waals surface area contributed by atoms with Crippen LogP contribution in [-0.4, -0.2) is 43.5 Å². The summed E-state index contributed by atoms with van der Waals surface area (Å²) in [5, 5.41) is 28.7. The third kappa shape index (κ3) is 6.72. The number of hydrogen-bond acceptors (Lipinski definition) is 5. The zero-order valence-electron chi connectivity index (χ0n) is 20.0. The first-order chi connectivity index (χ1) is 15.3. The van der Waals surface area contributed by atoms with E-state index in [1.54, 1.807) is 0 Å². The van der Waals surface area contributed by atoms with Crippen LogP contribution >= 0.6 is 0 Å². The van der Waals surface area contributed by atoms with Crippen LogP contribution in [0.25, 0.3) is 0 Å². The minimum Gasteiger partial charge on any atom is -0.394 e. The molecule has 1 aliphatic carbocycles. The lowest BCUT2D eigenvalue weighted by atomic mass is 9.91. The van der Waals surface area contributed by atoms with Gasteiger partial charge in [-0.05, 0) is 56.6 Å². The molecule has 2 atom stereocenters. The first-order valence-corrected chi connectivity index (χ1v) is 12.1. The Hall–Kier alpha value is -2.05. The zero-order chi connectivity index (χ0) is 23.3. The molecule has 3 rings (SSSR count). The summed E-state index contributed by atoms with van der Waals surface area (Å²) in [6.07, 6.45) is 5.41. The summed E-state index contributed by atoms with van der Waals surface area (Å²) in [5.74, 6) is 2.32. The van der Waals surface area contributed by atoms with Crippen LogP contribution in [0.2, 0.25) is 0 Å². The van der Waals surface area contributed by atoms with Crippen LogP contribution in [0, 0.1) is 19.8 Å². The average Bonchev–Trinajstić information content (AvgIpc) is 3.48. The number of aliphatic hydroxyl groups excluding tert-OH is 2. The van der Waals surface area contributed by atoms with E-state index in [2.05, 4.69) is 34.7 Å². The maximum Gasteiger partial charge on any atom is 0.138 e. The van der Waals surface area contributed by atoms with E-state index in [1.165, 1.54) is 5.56 Å². The van der Waals surface area contributed by atoms with E-state index in [0.29, 0.717) is 31.2 Å². The lowest BCUT2D eigenvalue weighted by Crippen LogP contribution is -2.22. The molecule has 32 heavy (non-hydrogen) atoms. The Morgan fingerprint density at radius 1 is 1.22 bits per heavy atom. The van der Waals surface area contributed by atoms with Crippen LogP contribution in [0.5, 0.6) is 0 Å². The molecule has 1 aromatic carbocycles. The standard InChI is InChI=1S/C26H39N3O3/c1-17(2)6-5-7-25-27-28-26(29(25)22-10-11-22)21(15-24(32)16-30)14-23(31)13-20-9-8-18(3)12-19(20)4/h8-9,12,17,21-22,24,30,32H,5-7,10-11,13-16H2,1-4H3/t21-,24+/m1/s1. The molecule has 0 unspecified atom stereocenters. The van der Waals surface area contributed by atoms with E-state index >= 15 is 0 Å². The fraction of sp³-hybridized carbons (Fsp3) is 0.654. The number of hydrogen-bond donors (Lipinski definition) is 2. The second-order valence-electron chi connectivity index (χ2n) is 9.98. The Morgan fingerprint density at radius 2 is 1.97 bits per heavy atom. The number of ketones is 1. The molecule has 0 saturated heterocycles. The highest BCUT2D eigenvalue weighted by molar-refractivity contribution is 5.82. The van der Waals surface area contributed by atoms with Gasteiger partial charge >= 0.3 is 0 Å². The summed E-state index contributed by atoms with van der Waals surface area (Å²) in [6, 6.07) is 6.57. The van der Waals surface area contributed by atoms with E-state index in [1.807, 2.05) is 26.0 Å². The van der Waals surface area contributed by atoms with Gasteiger partial charge in [0.05, 0.1) is 12.7 Å². The number of aromatic nitrogens is 3. The van der Waals surface area contributed by atoms with Gasteiger partial charge in [-0.15, -0.1) is 10.2 Å². The molecule has 2 aromatic rings. The Morgan fingerprint density at radius 3 is 2.59 bits per heavy atom. The second-order valence-corrected chi connectivity index (χ2v) is 9.98. The third-order valence-corrected chi connectivity index (χ3v) is 6.38. The number of aryl methyl sites for hydroxylation is 3. The molecule has 1 fully saturated rings. The van der Waals surface area contributed by atoms with Crippen LogP contribution in [0.1, 0.15) is 92.7 Å². The predicted molar refractivity (Wildman–Crippen MR) is 126 cm³/mol. The second kappa shape index (κ2) is 11.2. The molecule has 176 valence electrons. The van der Waals surface area contributed by atoms with E-state index in [4.69, 9.17) is 0 Å². The summed E-state index contributed by atoms with van der Waals surface area (Å²) < 4.78 is 2.24. The summed E-state index contributed by atoms with van der Waals surface area (Å²) in [7, 11) is 0. The Bertz CT molecular complexity index is 902. The average molecular weight is 442 g/mol. The summed E-state index contributed by atoms with van der Waals surface area (Å²) in [5.41, 5.74) is 3.35. The van der Waals surface area contributed by atoms with Crippen LogP contribution in [0.15, 0.2) is 18.2 Å². The molecule has 1 aliphatic rings. The molecule has 2 N–H and O–H groups in total. The smallest absolute Gasteiger partial charge is 0.138 e. The van der Waals surface area contributed by atoms with Gasteiger partial charge in [0.2, 0.25) is 0 Å². The number of nitrogens with zero attached hydrogens (tertiary/aromatic N) is 3. The molecule has 0 spiro atoms. The number of carbonyl (C=O) groups is 1. The van der Waals surface area contributed by atoms with Gasteiger partial charge in [-0.25, -0.2) is 0 Å². The van der Waals surface area contributed by atoms with Gasteiger partial charge in [-0.2, -0.15) is 0 Å². The van der Waals surface area contributed by atoms with E-state index in [0.717, 1.165) is 54.9 Å². The molecule has 6 heteroatoms. The fourth-order valence-electron chi connectivity index (χ4n) is 4.47. The number of carbonyl (C=O) groups excluding carboxylic acids is 1. The summed E-state index contributed by atoms with van der Waals surface area (Å²) in [6.45, 7) is 8.22. The van der Waals surface area contributed by atoms with Gasteiger partial charge in [0.1, 0.15) is 17.4 Å². The number of Topliss-reactive ketones (excluding diaryl/α,β-unsaturated/α-hetero) is 1. The minimum atomic E-state index is -0.873. The van der Waals surface area contributed by atoms with Crippen LogP contribution in [0.3, 0.4) is 0 Å². The highest BCUT2D eigenvalue weighted by Gasteiger charge is 2.33. The van der Waals surface area contributed by atoms with E-state index in [-0.39, 0.29) is 18.3 Å². The normalized spacial score (nSPS) is 15.8. The highest BCUT2D eigenvalue weighted by atomic mass is 16.3. The first kappa shape index (κ1) is 24.6. The van der Waals surface area contributed by atoms with Crippen LogP contribution in [-0.2, 0) is 17.6 Å². The van der Waals surface area contributed by atoms with Crippen molar-refractivity contribution in [1.82, 2.24) is 14.8 Å². The molecule has 0 bridgehead atoms. The minimum absolute atomic E-state index is 0.124. The van der Waals surface area contributed by atoms with E-state index < -0.39 is 6.10 Å². The van der Waals surface area contributed by atoms with Crippen molar-refractivity contribution in [3.8, 4) is 0 Å². The first-order valence-electron chi connectivity index (χ1n) is 12.1. The molecular weight excluding hydrogens is 402 g/mol. The molecule has 0 radical (unpaired) electrons. The maximum absolute atomic E-state index is 13.1. The fourth-order valence-corrected chi connectivity index (χ4v) is 4.47. The van der Waals surface area contributed by atoms with Crippen molar-refractivity contribution in [2.75, 3.05) is 6.61 Å². The van der Waals surface area contributed by atoms with Gasteiger partial charge in [-0.3, -0.25) is 4.79 Å². The van der Waals surface area contributed by atoms with Gasteiger partial charge in [-0.1, -0.05) is 44.0 Å². The van der Waals surface area contributed by atoms with Crippen LogP contribution < -0.4 is 0 Å². The van der Waals surface area contributed by atoms with Crippen molar-refractivity contribution in [2.24, 2.45) is 5.92 Å². The van der Waals surface area contributed by atoms with Crippen molar-refractivity contribution >= 4 is 5.78 Å². The van der Waals surface area contributed by atoms with Gasteiger partial charge in [0, 0.05) is 31.2 Å². The molecule has 6 nitrogen and oxygen atoms in total. The molecule has 1 heterocycles. The lowest BCUT2D eigenvalue weighted by Gasteiger charge is -2.20. The largest absolute Gasteiger partial charge is 0.394 e. The SMILES string of the molecule is Cc1ccc(CC(=O)C[C@H](C[C@H](O)CO)c2nnc(CCCC(C)C)n2C2CC2)c(C)c1. The Labute approximate surface area is 192 Å². The topological polar surface area (TPSA) is 88.2 Å². The highest BCUT2D eigenvalue weighted by Crippen LogP contribution is 2.40. The predicted octanol–water partition coefficient (Wildman–Crippen LogP) is 4.24. The van der Waals surface area contributed by atoms with Gasteiger partial charge in [0.25, 0.3) is 0 Å². The number of rotatable bonds is 13. The summed E-state index contributed by atoms with van der Waals surface area (Å²) in [4.78, 5) is 13.1. The van der Waals surface area contributed by atoms with E-state index in [9.17, 15) is 15.0 Å². The van der Waals surface area contributed by atoms with Crippen molar-refractivity contribution in [3.63, 3.8) is 0 Å². The Balaban J connectivity index is 1.79. The Kier molecular flexibility index (Phi) is 8.60. The maximum atomic E-state index is 13.1. The van der Waals surface area contributed by atoms with Gasteiger partial charge in [0.15, 0.2) is 0 Å². The summed E-state index contributed by atoms with van der Waals surface area (Å²) >= 11 is 0. The van der Waals surface area contributed by atoms with Crippen molar-refractivity contribution in [1.29, 1.82) is 0 Å². The number of aliphatic hydroxyl groups is 2. The third-order valence-electron chi connectivity index (χ3n) is 6.38. The van der Waals surface area contributed by atoms with Crippen molar-refractivity contribution < 1.29 is 15.0 Å². The molecule has 1 saturated carbocycles. The molecule has 0 amide bonds. The molecular formula is C26H39N3O3. The monoisotopic (exact) mass is 441 g/mol. The lowest BCUT2D eigenvalue weighted by molar-refractivity contribution is -0.119. The number of benzene rings is 1.